The van der Waals surface area contributed by atoms with Gasteiger partial charge in [0.25, 0.3) is 0 Å². The third-order valence-corrected chi connectivity index (χ3v) is 2.49. The molecular formula is C9H6BrNO3. The molecule has 0 radical (unpaired) electrons. The maximum absolute atomic E-state index is 10.5. The molecule has 14 heavy (non-hydrogen) atoms. The van der Waals surface area contributed by atoms with Crippen LogP contribution in [-0.2, 0) is 11.2 Å². The fourth-order valence-electron chi connectivity index (χ4n) is 1.25. The summed E-state index contributed by atoms with van der Waals surface area (Å²) < 4.78 is 5.75. The molecular weight excluding hydrogens is 250 g/mol. The van der Waals surface area contributed by atoms with Crippen molar-refractivity contribution in [2.24, 2.45) is 0 Å². The zero-order valence-electron chi connectivity index (χ0n) is 7.03. The van der Waals surface area contributed by atoms with Crippen molar-refractivity contribution in [2.45, 2.75) is 6.42 Å². The monoisotopic (exact) mass is 255 g/mol. The Morgan fingerprint density at radius 3 is 3.07 bits per heavy atom. The first-order valence-corrected chi connectivity index (χ1v) is 4.72. The standard InChI is InChI=1S/C9H6BrNO3/c10-6-3-1-2-5-7(4-8(12)13)14-11-9(5)6/h1-3H,4H2,(H,12,13). The summed E-state index contributed by atoms with van der Waals surface area (Å²) in [7, 11) is 0. The fraction of sp³-hybridized carbons (Fsp3) is 0.111. The van der Waals surface area contributed by atoms with Crippen LogP contribution in [0.5, 0.6) is 0 Å². The third-order valence-electron chi connectivity index (χ3n) is 1.85. The molecule has 0 spiro atoms. The number of carboxylic acids is 1. The summed E-state index contributed by atoms with van der Waals surface area (Å²) >= 11 is 3.31. The van der Waals surface area contributed by atoms with E-state index in [0.29, 0.717) is 11.3 Å². The molecule has 0 saturated heterocycles. The van der Waals surface area contributed by atoms with Crippen LogP contribution in [0.1, 0.15) is 5.76 Å². The molecule has 2 rings (SSSR count). The zero-order valence-corrected chi connectivity index (χ0v) is 8.61. The van der Waals surface area contributed by atoms with E-state index in [9.17, 15) is 4.79 Å². The number of carboxylic acid groups (broad SMARTS) is 1. The molecule has 0 aliphatic carbocycles. The van der Waals surface area contributed by atoms with Crippen LogP contribution in [0.2, 0.25) is 0 Å². The van der Waals surface area contributed by atoms with Crippen molar-refractivity contribution >= 4 is 32.8 Å². The van der Waals surface area contributed by atoms with E-state index in [1.807, 2.05) is 12.1 Å². The first-order valence-electron chi connectivity index (χ1n) is 3.93. The molecule has 0 atom stereocenters. The van der Waals surface area contributed by atoms with E-state index in [1.165, 1.54) is 0 Å². The lowest BCUT2D eigenvalue weighted by Gasteiger charge is -1.91. The molecule has 0 saturated carbocycles. The number of nitrogens with zero attached hydrogens (tertiary/aromatic N) is 1. The summed E-state index contributed by atoms with van der Waals surface area (Å²) in [4.78, 5) is 10.5. The predicted molar refractivity (Wildman–Crippen MR) is 53.0 cm³/mol. The van der Waals surface area contributed by atoms with Crippen LogP contribution in [0.3, 0.4) is 0 Å². The number of halogens is 1. The summed E-state index contributed by atoms with van der Waals surface area (Å²) in [5.41, 5.74) is 0.656. The Hall–Kier alpha value is -1.36. The molecule has 72 valence electrons. The Balaban J connectivity index is 2.58. The van der Waals surface area contributed by atoms with Crippen LogP contribution in [-0.4, -0.2) is 16.2 Å². The van der Waals surface area contributed by atoms with Crippen LogP contribution in [0.15, 0.2) is 27.2 Å². The van der Waals surface area contributed by atoms with E-state index in [4.69, 9.17) is 9.63 Å². The van der Waals surface area contributed by atoms with Crippen LogP contribution in [0.25, 0.3) is 10.9 Å². The smallest absolute Gasteiger partial charge is 0.311 e. The number of carbonyl (C=O) groups is 1. The number of rotatable bonds is 2. The van der Waals surface area contributed by atoms with Crippen LogP contribution < -0.4 is 0 Å². The fourth-order valence-corrected chi connectivity index (χ4v) is 1.69. The van der Waals surface area contributed by atoms with Crippen molar-refractivity contribution in [3.05, 3.63) is 28.4 Å². The molecule has 2 aromatic rings. The summed E-state index contributed by atoms with van der Waals surface area (Å²) in [6.07, 6.45) is -0.146. The van der Waals surface area contributed by atoms with Gasteiger partial charge in [0.1, 0.15) is 11.9 Å². The highest BCUT2D eigenvalue weighted by atomic mass is 79.9. The first kappa shape index (κ1) is 9.21. The normalized spacial score (nSPS) is 10.6. The van der Waals surface area contributed by atoms with Crippen LogP contribution in [0, 0.1) is 0 Å². The molecule has 1 aromatic heterocycles. The minimum absolute atomic E-state index is 0.146. The molecule has 1 aromatic carbocycles. The van der Waals surface area contributed by atoms with E-state index in [2.05, 4.69) is 21.1 Å². The second kappa shape index (κ2) is 3.42. The van der Waals surface area contributed by atoms with Gasteiger partial charge < -0.3 is 9.63 Å². The average molecular weight is 256 g/mol. The zero-order chi connectivity index (χ0) is 10.1. The van der Waals surface area contributed by atoms with Gasteiger partial charge in [-0.3, -0.25) is 4.79 Å². The van der Waals surface area contributed by atoms with Crippen molar-refractivity contribution < 1.29 is 14.4 Å². The van der Waals surface area contributed by atoms with E-state index in [-0.39, 0.29) is 6.42 Å². The van der Waals surface area contributed by atoms with Gasteiger partial charge in [-0.05, 0) is 28.1 Å². The van der Waals surface area contributed by atoms with Gasteiger partial charge in [-0.15, -0.1) is 0 Å². The van der Waals surface area contributed by atoms with Gasteiger partial charge in [0.15, 0.2) is 5.76 Å². The summed E-state index contributed by atoms with van der Waals surface area (Å²) in [5.74, 6) is -0.545. The molecule has 0 aliphatic rings. The largest absolute Gasteiger partial charge is 0.481 e. The minimum atomic E-state index is -0.928. The minimum Gasteiger partial charge on any atom is -0.481 e. The molecule has 4 nitrogen and oxygen atoms in total. The number of fused-ring (bicyclic) bond motifs is 1. The molecule has 0 bridgehead atoms. The lowest BCUT2D eigenvalue weighted by atomic mass is 10.2. The summed E-state index contributed by atoms with van der Waals surface area (Å²) in [6.45, 7) is 0. The van der Waals surface area contributed by atoms with Gasteiger partial charge in [0.2, 0.25) is 0 Å². The first-order chi connectivity index (χ1) is 6.68. The lowest BCUT2D eigenvalue weighted by molar-refractivity contribution is -0.136. The van der Waals surface area contributed by atoms with E-state index >= 15 is 0 Å². The van der Waals surface area contributed by atoms with Gasteiger partial charge in [0, 0.05) is 9.86 Å². The maximum atomic E-state index is 10.5. The Morgan fingerprint density at radius 1 is 1.57 bits per heavy atom. The van der Waals surface area contributed by atoms with Crippen LogP contribution >= 0.6 is 15.9 Å². The predicted octanol–water partition coefficient (Wildman–Crippen LogP) is 2.22. The maximum Gasteiger partial charge on any atom is 0.311 e. The number of aliphatic carboxylic acids is 1. The van der Waals surface area contributed by atoms with E-state index < -0.39 is 5.97 Å². The number of hydrogen-bond donors (Lipinski definition) is 1. The average Bonchev–Trinajstić information content (AvgIpc) is 2.49. The van der Waals surface area contributed by atoms with Gasteiger partial charge in [-0.2, -0.15) is 0 Å². The van der Waals surface area contributed by atoms with Gasteiger partial charge in [-0.1, -0.05) is 11.2 Å². The molecule has 1 heterocycles. The molecule has 0 amide bonds. The van der Waals surface area contributed by atoms with Crippen molar-refractivity contribution in [2.75, 3.05) is 0 Å². The lowest BCUT2D eigenvalue weighted by Crippen LogP contribution is -1.98. The van der Waals surface area contributed by atoms with Crippen LogP contribution in [0.4, 0.5) is 0 Å². The highest BCUT2D eigenvalue weighted by molar-refractivity contribution is 9.10. The third kappa shape index (κ3) is 1.50. The Bertz CT molecular complexity index is 492. The SMILES string of the molecule is O=C(O)Cc1onc2c(Br)cccc12. The second-order valence-corrected chi connectivity index (χ2v) is 3.67. The van der Waals surface area contributed by atoms with Crippen molar-refractivity contribution in [3.63, 3.8) is 0 Å². The highest BCUT2D eigenvalue weighted by Crippen LogP contribution is 2.25. The summed E-state index contributed by atoms with van der Waals surface area (Å²) in [6, 6.07) is 5.43. The Kier molecular flexibility index (Phi) is 2.25. The number of benzene rings is 1. The second-order valence-electron chi connectivity index (χ2n) is 2.81. The molecule has 0 aliphatic heterocycles. The molecule has 1 N–H and O–H groups in total. The topological polar surface area (TPSA) is 63.3 Å². The van der Waals surface area contributed by atoms with E-state index in [1.54, 1.807) is 6.07 Å². The highest BCUT2D eigenvalue weighted by Gasteiger charge is 2.12. The van der Waals surface area contributed by atoms with Gasteiger partial charge in [0.05, 0.1) is 0 Å². The van der Waals surface area contributed by atoms with Gasteiger partial charge in [-0.25, -0.2) is 0 Å². The Labute approximate surface area is 87.6 Å². The molecule has 0 unspecified atom stereocenters. The van der Waals surface area contributed by atoms with Gasteiger partial charge >= 0.3 is 5.97 Å². The summed E-state index contributed by atoms with van der Waals surface area (Å²) in [5, 5.41) is 13.1. The number of aromatic nitrogens is 1. The van der Waals surface area contributed by atoms with Crippen molar-refractivity contribution in [1.82, 2.24) is 5.16 Å². The Morgan fingerprint density at radius 2 is 2.36 bits per heavy atom. The number of hydrogen-bond acceptors (Lipinski definition) is 3. The van der Waals surface area contributed by atoms with E-state index in [0.717, 1.165) is 9.86 Å². The van der Waals surface area contributed by atoms with Crippen molar-refractivity contribution in [1.29, 1.82) is 0 Å². The van der Waals surface area contributed by atoms with Crippen molar-refractivity contribution in [3.8, 4) is 0 Å². The quantitative estimate of drug-likeness (QED) is 0.894. The molecule has 5 heteroatoms. The molecule has 0 fully saturated rings.